The second-order valence-electron chi connectivity index (χ2n) is 29.4. The number of ether oxygens (including phenoxy) is 6. The molecule has 16 heteroatoms. The van der Waals surface area contributed by atoms with E-state index in [2.05, 4.69) is 64.4 Å². The van der Waals surface area contributed by atoms with E-state index < -0.39 is 0 Å². The highest BCUT2D eigenvalue weighted by Gasteiger charge is 2.46. The molecule has 0 unspecified atom stereocenters. The van der Waals surface area contributed by atoms with Crippen molar-refractivity contribution in [3.8, 4) is 0 Å². The van der Waals surface area contributed by atoms with Gasteiger partial charge in [0, 0.05) is 89.1 Å². The van der Waals surface area contributed by atoms with Crippen molar-refractivity contribution in [2.75, 3.05) is 98.7 Å². The zero-order valence-electron chi connectivity index (χ0n) is 54.5. The number of nitrogens with zero attached hydrogens (tertiary/aromatic N) is 5. The number of carbonyl (C=O) groups is 4. The maximum absolute atomic E-state index is 12.7. The Labute approximate surface area is 514 Å². The Morgan fingerprint density at radius 2 is 0.706 bits per heavy atom. The van der Waals surface area contributed by atoms with Crippen LogP contribution < -0.4 is 5.32 Å². The van der Waals surface area contributed by atoms with Crippen LogP contribution in [0.3, 0.4) is 0 Å². The second-order valence-corrected chi connectivity index (χ2v) is 29.4. The summed E-state index contributed by atoms with van der Waals surface area (Å²) in [5.41, 5.74) is 1.02. The number of fused-ring (bicyclic) bond motifs is 3. The van der Waals surface area contributed by atoms with E-state index >= 15 is 0 Å². The van der Waals surface area contributed by atoms with Gasteiger partial charge in [-0.25, -0.2) is 0 Å². The number of amides is 3. The fraction of sp³-hybridized carbons (Fsp3) is 0.942. The summed E-state index contributed by atoms with van der Waals surface area (Å²) in [5.74, 6) is 1.13. The second kappa shape index (κ2) is 32.6. The summed E-state index contributed by atoms with van der Waals surface area (Å²) in [6, 6.07) is 3.86. The third-order valence-corrected chi connectivity index (χ3v) is 23.0. The van der Waals surface area contributed by atoms with Crippen molar-refractivity contribution in [2.45, 2.75) is 301 Å². The molecule has 0 spiro atoms. The molecule has 12 fully saturated rings. The molecule has 0 aromatic rings. The van der Waals surface area contributed by atoms with Crippen molar-refractivity contribution < 1.29 is 47.6 Å². The summed E-state index contributed by atoms with van der Waals surface area (Å²) < 4.78 is 34.3. The van der Waals surface area contributed by atoms with Crippen molar-refractivity contribution in [3.05, 3.63) is 0 Å². The molecular weight excluding hydrogens is 1070 g/mol. The largest absolute Gasteiger partial charge is 0.381 e. The van der Waals surface area contributed by atoms with E-state index in [-0.39, 0.29) is 23.1 Å². The maximum atomic E-state index is 12.7. The van der Waals surface area contributed by atoms with Gasteiger partial charge < -0.3 is 58.2 Å². The van der Waals surface area contributed by atoms with Crippen LogP contribution in [-0.2, 0) is 47.6 Å². The Morgan fingerprint density at radius 1 is 0.400 bits per heavy atom. The monoisotopic (exact) mass is 1190 g/mol. The van der Waals surface area contributed by atoms with E-state index in [1.165, 1.54) is 89.9 Å². The van der Waals surface area contributed by atoms with Gasteiger partial charge in [0.05, 0.1) is 56.3 Å². The van der Waals surface area contributed by atoms with Gasteiger partial charge in [0.25, 0.3) is 0 Å². The number of rotatable bonds is 14. The first-order valence-corrected chi connectivity index (χ1v) is 35.4. The Balaban J connectivity index is 0.000000142. The van der Waals surface area contributed by atoms with Gasteiger partial charge >= 0.3 is 0 Å². The van der Waals surface area contributed by atoms with Crippen LogP contribution in [0.2, 0.25) is 0 Å². The van der Waals surface area contributed by atoms with Crippen LogP contribution in [0.15, 0.2) is 0 Å². The number of likely N-dealkylation sites (tertiary alicyclic amines) is 2. The van der Waals surface area contributed by atoms with Crippen LogP contribution >= 0.6 is 0 Å². The SMILES string of the molecule is CCOCC1(C)CCC(=O)CC1.CCOCC1(C)CCC(N2CCC(N3C(=O)CO[C@H]4CCCC[C@@H]43)CC2)CC1.CCOCC1(C)CCC(N2CCC(N3C(=O)CO[C@H]4CCCC[C@@H]43)CC2)CC1.O=C1CO[C@H]2CCCC[C@@H]2N1C1CCNCC1. The zero-order chi connectivity index (χ0) is 59.8. The number of carbonyl (C=O) groups excluding carboxylic acids is 4. The topological polar surface area (TPSA) is 152 Å². The predicted molar refractivity (Wildman–Crippen MR) is 333 cm³/mol. The molecule has 6 saturated carbocycles. The van der Waals surface area contributed by atoms with Crippen molar-refractivity contribution in [3.63, 3.8) is 0 Å². The fourth-order valence-electron chi connectivity index (χ4n) is 17.6. The zero-order valence-corrected chi connectivity index (χ0v) is 54.5. The van der Waals surface area contributed by atoms with Gasteiger partial charge in [-0.3, -0.25) is 19.2 Å². The number of Topliss-reactive ketones (excluding diaryl/α,β-unsaturated/α-hetero) is 1. The maximum Gasteiger partial charge on any atom is 0.249 e. The molecule has 486 valence electrons. The van der Waals surface area contributed by atoms with Crippen LogP contribution in [0.5, 0.6) is 0 Å². The van der Waals surface area contributed by atoms with Gasteiger partial charge in [-0.15, -0.1) is 0 Å². The lowest BCUT2D eigenvalue weighted by molar-refractivity contribution is -0.167. The molecule has 0 aromatic carbocycles. The molecule has 0 bridgehead atoms. The highest BCUT2D eigenvalue weighted by Crippen LogP contribution is 2.42. The van der Waals surface area contributed by atoms with Crippen LogP contribution in [0.4, 0.5) is 0 Å². The minimum atomic E-state index is 0.222. The van der Waals surface area contributed by atoms with Gasteiger partial charge in [0.1, 0.15) is 25.6 Å². The molecule has 16 nitrogen and oxygen atoms in total. The van der Waals surface area contributed by atoms with Crippen molar-refractivity contribution >= 4 is 23.5 Å². The molecule has 6 atom stereocenters. The molecule has 85 heavy (non-hydrogen) atoms. The first-order valence-electron chi connectivity index (χ1n) is 35.4. The Bertz CT molecular complexity index is 1940. The first kappa shape index (κ1) is 67.1. The van der Waals surface area contributed by atoms with Gasteiger partial charge in [0.15, 0.2) is 0 Å². The van der Waals surface area contributed by atoms with Crippen LogP contribution in [0.25, 0.3) is 0 Å². The molecule has 0 aromatic heterocycles. The smallest absolute Gasteiger partial charge is 0.249 e. The van der Waals surface area contributed by atoms with E-state index in [1.807, 2.05) is 6.92 Å². The Hall–Kier alpha value is -2.28. The van der Waals surface area contributed by atoms with Gasteiger partial charge in [-0.2, -0.15) is 0 Å². The third kappa shape index (κ3) is 18.2. The number of hydrogen-bond acceptors (Lipinski definition) is 13. The fourth-order valence-corrected chi connectivity index (χ4v) is 17.6. The van der Waals surface area contributed by atoms with Crippen molar-refractivity contribution in [1.29, 1.82) is 0 Å². The Kier molecular flexibility index (Phi) is 25.8. The van der Waals surface area contributed by atoms with E-state index in [0.29, 0.717) is 91.0 Å². The lowest BCUT2D eigenvalue weighted by Crippen LogP contribution is -2.61. The van der Waals surface area contributed by atoms with Crippen LogP contribution in [-0.4, -0.2) is 213 Å². The minimum absolute atomic E-state index is 0.222. The van der Waals surface area contributed by atoms with Gasteiger partial charge in [-0.05, 0) is 191 Å². The Morgan fingerprint density at radius 3 is 1.04 bits per heavy atom. The summed E-state index contributed by atoms with van der Waals surface area (Å²) in [6.07, 6.45) is 35.9. The summed E-state index contributed by atoms with van der Waals surface area (Å²) in [7, 11) is 0. The van der Waals surface area contributed by atoms with E-state index in [4.69, 9.17) is 28.4 Å². The molecule has 1 N–H and O–H groups in total. The molecular formula is C69H120N6O10. The normalized spacial score (nSPS) is 35.7. The predicted octanol–water partition coefficient (Wildman–Crippen LogP) is 10.3. The summed E-state index contributed by atoms with van der Waals surface area (Å²) in [6.45, 7) is 25.9. The highest BCUT2D eigenvalue weighted by atomic mass is 16.5. The number of nitrogens with one attached hydrogen (secondary N) is 1. The molecule has 6 heterocycles. The van der Waals surface area contributed by atoms with E-state index in [0.717, 1.165) is 194 Å². The molecule has 12 aliphatic rings. The van der Waals surface area contributed by atoms with Gasteiger partial charge in [0.2, 0.25) is 17.7 Å². The first-order chi connectivity index (χ1) is 41.2. The lowest BCUT2D eigenvalue weighted by atomic mass is 9.74. The summed E-state index contributed by atoms with van der Waals surface area (Å²) in [5, 5.41) is 3.37. The van der Waals surface area contributed by atoms with Crippen LogP contribution in [0, 0.1) is 16.2 Å². The third-order valence-electron chi connectivity index (χ3n) is 23.0. The molecule has 6 aliphatic heterocycles. The lowest BCUT2D eigenvalue weighted by Gasteiger charge is -2.50. The molecule has 6 aliphatic carbocycles. The van der Waals surface area contributed by atoms with E-state index in [9.17, 15) is 19.2 Å². The van der Waals surface area contributed by atoms with Gasteiger partial charge in [-0.1, -0.05) is 59.3 Å². The molecule has 0 radical (unpaired) electrons. The minimum Gasteiger partial charge on any atom is -0.381 e. The quantitative estimate of drug-likeness (QED) is 0.176. The molecule has 6 saturated heterocycles. The number of morpholine rings is 3. The number of piperidine rings is 3. The van der Waals surface area contributed by atoms with Crippen molar-refractivity contribution in [2.24, 2.45) is 16.2 Å². The number of ketones is 1. The van der Waals surface area contributed by atoms with Crippen LogP contribution in [0.1, 0.15) is 234 Å². The molecule has 3 amide bonds. The average Bonchev–Trinajstić information content (AvgIpc) is 3.73. The average molecular weight is 1190 g/mol. The molecule has 12 rings (SSSR count). The van der Waals surface area contributed by atoms with Crippen molar-refractivity contribution in [1.82, 2.24) is 29.8 Å². The van der Waals surface area contributed by atoms with E-state index in [1.54, 1.807) is 0 Å². The summed E-state index contributed by atoms with van der Waals surface area (Å²) >= 11 is 0. The standard InChI is InChI=1S/2C23H40N2O3.C13H22N2O2.C10H18O2/c2*1-3-27-17-23(2)12-8-18(9-13-23)24-14-10-19(11-15-24)25-20-6-4-5-7-21(20)28-16-22(25)26;16-13-9-17-12-4-2-1-3-11(12)15(13)10-5-7-14-8-6-10;1-3-12-8-10(2)6-4-9(11)5-7-10/h2*18-21H,3-17H2,1-2H3;10-12,14H,1-9H2;3-8H2,1-2H3/t2*18?,20-,21-,23?;11-,12-;/m000./s1. The summed E-state index contributed by atoms with van der Waals surface area (Å²) in [4.78, 5) is 60.6. The number of hydrogen-bond donors (Lipinski definition) is 1. The highest BCUT2D eigenvalue weighted by molar-refractivity contribution is 5.80.